The molecule has 1 unspecified atom stereocenters. The first-order chi connectivity index (χ1) is 13.5. The number of aliphatic carboxylic acids is 1. The van der Waals surface area contributed by atoms with E-state index in [-0.39, 0.29) is 11.5 Å². The van der Waals surface area contributed by atoms with Crippen LogP contribution < -0.4 is 16.2 Å². The molecule has 4 N–H and O–H groups in total. The molecule has 158 valence electrons. The number of carbonyl (C=O) groups excluding carboxylic acids is 1. The third-order valence-corrected chi connectivity index (χ3v) is 3.88. The third-order valence-electron chi connectivity index (χ3n) is 3.88. The molecule has 1 atom stereocenters. The molecular weight excluding hydrogens is 399 g/mol. The second-order valence-corrected chi connectivity index (χ2v) is 5.87. The van der Waals surface area contributed by atoms with Crippen LogP contribution in [0, 0.1) is 21.4 Å². The van der Waals surface area contributed by atoms with Gasteiger partial charge in [-0.3, -0.25) is 31.1 Å². The van der Waals surface area contributed by atoms with Crippen LogP contribution in [0.1, 0.15) is 18.4 Å². The highest BCUT2D eigenvalue weighted by molar-refractivity contribution is 5.93. The van der Waals surface area contributed by atoms with E-state index in [1.54, 1.807) is 12.1 Å². The summed E-state index contributed by atoms with van der Waals surface area (Å²) in [5.74, 6) is -2.82. The number of carboxylic acid groups (broad SMARTS) is 1. The van der Waals surface area contributed by atoms with Gasteiger partial charge < -0.3 is 5.11 Å². The standard InChI is InChI=1S/C14H17N5O3.C2HF3O2/c15-10-14(13(20)5-7-16-14)6-8-17-18-9-11-1-3-12(4-2-11)19(21)22;3-2(4,5)1(6)7/h1-4,16-18H,5-9H2;(H,6,7). The molecular formula is C16H18F3N5O5. The van der Waals surface area contributed by atoms with Gasteiger partial charge in [0.1, 0.15) is 0 Å². The van der Waals surface area contributed by atoms with Crippen molar-refractivity contribution in [2.45, 2.75) is 31.1 Å². The Bertz CT molecular complexity index is 779. The molecule has 1 aliphatic rings. The molecule has 2 rings (SSSR count). The lowest BCUT2D eigenvalue weighted by molar-refractivity contribution is -0.384. The van der Waals surface area contributed by atoms with E-state index in [9.17, 15) is 28.1 Å². The Kier molecular flexibility index (Phi) is 8.64. The predicted molar refractivity (Wildman–Crippen MR) is 92.2 cm³/mol. The molecule has 1 fully saturated rings. The largest absolute Gasteiger partial charge is 0.490 e. The van der Waals surface area contributed by atoms with Crippen molar-refractivity contribution in [3.8, 4) is 6.07 Å². The zero-order valence-electron chi connectivity index (χ0n) is 15.0. The number of alkyl halides is 3. The number of carbonyl (C=O) groups is 2. The summed E-state index contributed by atoms with van der Waals surface area (Å²) < 4.78 is 31.7. The molecule has 10 nitrogen and oxygen atoms in total. The van der Waals surface area contributed by atoms with Crippen molar-refractivity contribution in [3.05, 3.63) is 39.9 Å². The van der Waals surface area contributed by atoms with Crippen LogP contribution in [0.25, 0.3) is 0 Å². The number of nitro benzene ring substituents is 1. The number of Topliss-reactive ketones (excluding diaryl/α,β-unsaturated/α-hetero) is 1. The Hall–Kier alpha value is -3.08. The zero-order chi connectivity index (χ0) is 22.1. The van der Waals surface area contributed by atoms with Crippen LogP contribution in [0.4, 0.5) is 18.9 Å². The minimum Gasteiger partial charge on any atom is -0.475 e. The van der Waals surface area contributed by atoms with Crippen molar-refractivity contribution in [2.24, 2.45) is 0 Å². The number of rotatable bonds is 7. The number of hydrogen-bond acceptors (Lipinski definition) is 8. The molecule has 0 aliphatic carbocycles. The maximum absolute atomic E-state index is 11.7. The van der Waals surface area contributed by atoms with E-state index in [1.807, 2.05) is 0 Å². The second-order valence-electron chi connectivity index (χ2n) is 5.87. The number of benzene rings is 1. The van der Waals surface area contributed by atoms with Gasteiger partial charge in [-0.25, -0.2) is 4.79 Å². The van der Waals surface area contributed by atoms with Crippen molar-refractivity contribution in [2.75, 3.05) is 13.1 Å². The first kappa shape index (κ1) is 24.0. The third kappa shape index (κ3) is 7.45. The number of nitrogens with one attached hydrogen (secondary N) is 3. The number of carboxylic acids is 1. The summed E-state index contributed by atoms with van der Waals surface area (Å²) in [6.45, 7) is 1.49. The van der Waals surface area contributed by atoms with E-state index < -0.39 is 22.6 Å². The Morgan fingerprint density at radius 3 is 2.34 bits per heavy atom. The summed E-state index contributed by atoms with van der Waals surface area (Å²) in [5.41, 5.74) is 5.79. The second kappa shape index (κ2) is 10.5. The van der Waals surface area contributed by atoms with Crippen LogP contribution in [0.2, 0.25) is 0 Å². The Morgan fingerprint density at radius 1 is 1.34 bits per heavy atom. The van der Waals surface area contributed by atoms with Gasteiger partial charge in [-0.15, -0.1) is 0 Å². The summed E-state index contributed by atoms with van der Waals surface area (Å²) in [7, 11) is 0. The molecule has 0 saturated carbocycles. The maximum atomic E-state index is 11.7. The number of halogens is 3. The van der Waals surface area contributed by atoms with Crippen molar-refractivity contribution in [1.82, 2.24) is 16.2 Å². The van der Waals surface area contributed by atoms with Crippen LogP contribution in [-0.2, 0) is 16.1 Å². The van der Waals surface area contributed by atoms with Gasteiger partial charge in [-0.1, -0.05) is 12.1 Å². The van der Waals surface area contributed by atoms with Gasteiger partial charge in [0, 0.05) is 44.6 Å². The number of hydrazine groups is 1. The lowest BCUT2D eigenvalue weighted by Gasteiger charge is -2.19. The Morgan fingerprint density at radius 2 is 1.93 bits per heavy atom. The molecule has 0 bridgehead atoms. The summed E-state index contributed by atoms with van der Waals surface area (Å²) in [5, 5.41) is 29.8. The van der Waals surface area contributed by atoms with Crippen LogP contribution >= 0.6 is 0 Å². The van der Waals surface area contributed by atoms with Gasteiger partial charge in [-0.05, 0) is 5.56 Å². The van der Waals surface area contributed by atoms with E-state index in [0.29, 0.717) is 32.5 Å². The lowest BCUT2D eigenvalue weighted by atomic mass is 9.94. The molecule has 13 heteroatoms. The van der Waals surface area contributed by atoms with Gasteiger partial charge in [0.15, 0.2) is 11.3 Å². The minimum atomic E-state index is -5.08. The first-order valence-electron chi connectivity index (χ1n) is 8.20. The number of nitrogens with zero attached hydrogens (tertiary/aromatic N) is 2. The Labute approximate surface area is 162 Å². The normalized spacial score (nSPS) is 18.5. The quantitative estimate of drug-likeness (QED) is 0.289. The summed E-state index contributed by atoms with van der Waals surface area (Å²) in [6.07, 6.45) is -4.31. The fourth-order valence-electron chi connectivity index (χ4n) is 2.33. The molecule has 1 aromatic carbocycles. The highest BCUT2D eigenvalue weighted by atomic mass is 19.4. The molecule has 1 saturated heterocycles. The van der Waals surface area contributed by atoms with Gasteiger partial charge in [0.25, 0.3) is 5.69 Å². The summed E-state index contributed by atoms with van der Waals surface area (Å²) in [6, 6.07) is 8.30. The van der Waals surface area contributed by atoms with Gasteiger partial charge in [0.2, 0.25) is 0 Å². The minimum absolute atomic E-state index is 0.0542. The maximum Gasteiger partial charge on any atom is 0.490 e. The van der Waals surface area contributed by atoms with E-state index in [1.165, 1.54) is 12.1 Å². The fraction of sp³-hybridized carbons (Fsp3) is 0.438. The van der Waals surface area contributed by atoms with Crippen molar-refractivity contribution in [1.29, 1.82) is 5.26 Å². The SMILES string of the molecule is N#CC1(CCNNCc2ccc([N+](=O)[O-])cc2)NCCC1=O.O=C(O)C(F)(F)F. The van der Waals surface area contributed by atoms with Crippen molar-refractivity contribution >= 4 is 17.4 Å². The molecule has 1 aliphatic heterocycles. The van der Waals surface area contributed by atoms with E-state index >= 15 is 0 Å². The van der Waals surface area contributed by atoms with Gasteiger partial charge in [-0.2, -0.15) is 18.4 Å². The summed E-state index contributed by atoms with van der Waals surface area (Å²) >= 11 is 0. The average Bonchev–Trinajstić information content (AvgIpc) is 3.02. The molecule has 0 amide bonds. The Balaban J connectivity index is 0.000000516. The average molecular weight is 417 g/mol. The van der Waals surface area contributed by atoms with E-state index in [4.69, 9.17) is 15.2 Å². The van der Waals surface area contributed by atoms with E-state index in [0.717, 1.165) is 5.56 Å². The molecule has 1 heterocycles. The van der Waals surface area contributed by atoms with Crippen LogP contribution in [0.5, 0.6) is 0 Å². The van der Waals surface area contributed by atoms with E-state index in [2.05, 4.69) is 22.2 Å². The molecule has 0 radical (unpaired) electrons. The number of hydrogen-bond donors (Lipinski definition) is 4. The van der Waals surface area contributed by atoms with Crippen LogP contribution in [0.15, 0.2) is 24.3 Å². The molecule has 1 aromatic rings. The molecule has 0 aromatic heterocycles. The van der Waals surface area contributed by atoms with Crippen LogP contribution in [0.3, 0.4) is 0 Å². The summed E-state index contributed by atoms with van der Waals surface area (Å²) in [4.78, 5) is 30.7. The molecule has 29 heavy (non-hydrogen) atoms. The topological polar surface area (TPSA) is 157 Å². The van der Waals surface area contributed by atoms with Gasteiger partial charge in [0.05, 0.1) is 11.0 Å². The number of nitriles is 1. The highest BCUT2D eigenvalue weighted by Gasteiger charge is 2.41. The smallest absolute Gasteiger partial charge is 0.475 e. The predicted octanol–water partition coefficient (Wildman–Crippen LogP) is 1.04. The first-order valence-corrected chi connectivity index (χ1v) is 8.20. The molecule has 0 spiro atoms. The lowest BCUT2D eigenvalue weighted by Crippen LogP contribution is -2.47. The van der Waals surface area contributed by atoms with Gasteiger partial charge >= 0.3 is 12.1 Å². The van der Waals surface area contributed by atoms with Crippen molar-refractivity contribution in [3.63, 3.8) is 0 Å². The number of ketones is 1. The number of non-ortho nitro benzene ring substituents is 1. The monoisotopic (exact) mass is 417 g/mol. The highest BCUT2D eigenvalue weighted by Crippen LogP contribution is 2.18. The van der Waals surface area contributed by atoms with Crippen LogP contribution in [-0.4, -0.2) is 46.6 Å². The fourth-order valence-corrected chi connectivity index (χ4v) is 2.33. The zero-order valence-corrected chi connectivity index (χ0v) is 15.0. The number of nitro groups is 1. The van der Waals surface area contributed by atoms with Crippen molar-refractivity contribution < 1.29 is 32.8 Å².